The molecule has 1 aliphatic heterocycles. The third-order valence-electron chi connectivity index (χ3n) is 4.01. The van der Waals surface area contributed by atoms with Crippen LogP contribution in [0.5, 0.6) is 0 Å². The molecule has 0 bridgehead atoms. The number of benzene rings is 1. The summed E-state index contributed by atoms with van der Waals surface area (Å²) in [6.07, 6.45) is 1.77. The third kappa shape index (κ3) is 4.19. The normalized spacial score (nSPS) is 18.6. The summed E-state index contributed by atoms with van der Waals surface area (Å²) in [5, 5.41) is 2.87. The molecular formula is C18H25N3O3. The number of para-hydroxylation sites is 2. The number of carbonyl (C=O) groups is 1. The fourth-order valence-electron chi connectivity index (χ4n) is 2.94. The molecule has 130 valence electrons. The van der Waals surface area contributed by atoms with Crippen molar-refractivity contribution in [2.24, 2.45) is 5.92 Å². The Kier molecular flexibility index (Phi) is 4.64. The fraction of sp³-hybridized carbons (Fsp3) is 0.556. The quantitative estimate of drug-likeness (QED) is 0.931. The minimum absolute atomic E-state index is 0.360. The van der Waals surface area contributed by atoms with Gasteiger partial charge in [0, 0.05) is 19.6 Å². The smallest absolute Gasteiger partial charge is 0.407 e. The van der Waals surface area contributed by atoms with Crippen molar-refractivity contribution in [1.82, 2.24) is 10.3 Å². The summed E-state index contributed by atoms with van der Waals surface area (Å²) < 4.78 is 11.1. The van der Waals surface area contributed by atoms with E-state index in [-0.39, 0.29) is 6.09 Å². The molecule has 2 aromatic rings. The number of hydrogen-bond donors (Lipinski definition) is 1. The maximum Gasteiger partial charge on any atom is 0.407 e. The van der Waals surface area contributed by atoms with E-state index in [1.165, 1.54) is 0 Å². The van der Waals surface area contributed by atoms with E-state index in [0.717, 1.165) is 37.0 Å². The molecule has 1 saturated heterocycles. The van der Waals surface area contributed by atoms with Crippen LogP contribution in [0, 0.1) is 5.92 Å². The lowest BCUT2D eigenvalue weighted by molar-refractivity contribution is 0.0517. The Balaban J connectivity index is 1.57. The van der Waals surface area contributed by atoms with E-state index in [4.69, 9.17) is 9.15 Å². The molecule has 1 unspecified atom stereocenters. The monoisotopic (exact) mass is 331 g/mol. The predicted molar refractivity (Wildman–Crippen MR) is 93.2 cm³/mol. The highest BCUT2D eigenvalue weighted by Crippen LogP contribution is 2.26. The van der Waals surface area contributed by atoms with Gasteiger partial charge in [0.25, 0.3) is 6.01 Å². The second-order valence-electron chi connectivity index (χ2n) is 7.30. The Morgan fingerprint density at radius 1 is 1.42 bits per heavy atom. The number of fused-ring (bicyclic) bond motifs is 1. The van der Waals surface area contributed by atoms with Gasteiger partial charge in [-0.1, -0.05) is 12.1 Å². The first-order valence-electron chi connectivity index (χ1n) is 8.48. The Morgan fingerprint density at radius 3 is 2.96 bits per heavy atom. The first-order chi connectivity index (χ1) is 11.4. The van der Waals surface area contributed by atoms with Gasteiger partial charge in [0.1, 0.15) is 11.1 Å². The van der Waals surface area contributed by atoms with E-state index < -0.39 is 5.60 Å². The summed E-state index contributed by atoms with van der Waals surface area (Å²) in [6, 6.07) is 8.45. The molecule has 6 nitrogen and oxygen atoms in total. The van der Waals surface area contributed by atoms with Crippen molar-refractivity contribution in [2.45, 2.75) is 39.2 Å². The highest BCUT2D eigenvalue weighted by atomic mass is 16.6. The van der Waals surface area contributed by atoms with Gasteiger partial charge in [0.2, 0.25) is 0 Å². The SMILES string of the molecule is CC(C)(C)OC(=O)NCC1CCCN(c2nc3ccccc3o2)C1. The molecule has 1 N–H and O–H groups in total. The Hall–Kier alpha value is -2.24. The molecule has 3 rings (SSSR count). The minimum atomic E-state index is -0.471. The number of rotatable bonds is 3. The van der Waals surface area contributed by atoms with Gasteiger partial charge in [0.05, 0.1) is 0 Å². The third-order valence-corrected chi connectivity index (χ3v) is 4.01. The molecule has 1 fully saturated rings. The molecule has 2 heterocycles. The Labute approximate surface area is 142 Å². The van der Waals surface area contributed by atoms with E-state index in [9.17, 15) is 4.79 Å². The van der Waals surface area contributed by atoms with Gasteiger partial charge in [-0.25, -0.2) is 4.79 Å². The summed E-state index contributed by atoms with van der Waals surface area (Å²) in [4.78, 5) is 18.5. The van der Waals surface area contributed by atoms with Gasteiger partial charge in [0.15, 0.2) is 5.58 Å². The summed E-state index contributed by atoms with van der Waals surface area (Å²) in [6.45, 7) is 7.94. The van der Waals surface area contributed by atoms with Gasteiger partial charge < -0.3 is 19.4 Å². The summed E-state index contributed by atoms with van der Waals surface area (Å²) in [7, 11) is 0. The molecule has 1 aliphatic rings. The summed E-state index contributed by atoms with van der Waals surface area (Å²) in [5.41, 5.74) is 1.21. The van der Waals surface area contributed by atoms with Crippen molar-refractivity contribution >= 4 is 23.2 Å². The molecule has 1 aromatic carbocycles. The molecule has 0 saturated carbocycles. The van der Waals surface area contributed by atoms with E-state index >= 15 is 0 Å². The Morgan fingerprint density at radius 2 is 2.21 bits per heavy atom. The van der Waals surface area contributed by atoms with Crippen LogP contribution in [0.1, 0.15) is 33.6 Å². The minimum Gasteiger partial charge on any atom is -0.444 e. The van der Waals surface area contributed by atoms with Crippen LogP contribution < -0.4 is 10.2 Å². The average molecular weight is 331 g/mol. The maximum atomic E-state index is 11.8. The number of amides is 1. The number of alkyl carbamates (subject to hydrolysis) is 1. The van der Waals surface area contributed by atoms with E-state index in [2.05, 4.69) is 15.2 Å². The molecule has 1 amide bonds. The number of aromatic nitrogens is 1. The number of anilines is 1. The van der Waals surface area contributed by atoms with Crippen molar-refractivity contribution in [3.63, 3.8) is 0 Å². The molecule has 1 atom stereocenters. The van der Waals surface area contributed by atoms with Gasteiger partial charge in [-0.3, -0.25) is 0 Å². The maximum absolute atomic E-state index is 11.8. The van der Waals surface area contributed by atoms with Crippen LogP contribution in [-0.2, 0) is 4.74 Å². The van der Waals surface area contributed by atoms with E-state index in [1.807, 2.05) is 45.0 Å². The largest absolute Gasteiger partial charge is 0.444 e. The van der Waals surface area contributed by atoms with Crippen LogP contribution in [0.4, 0.5) is 10.8 Å². The van der Waals surface area contributed by atoms with Crippen molar-refractivity contribution in [3.05, 3.63) is 24.3 Å². The molecule has 6 heteroatoms. The zero-order valence-corrected chi connectivity index (χ0v) is 14.5. The van der Waals surface area contributed by atoms with Crippen LogP contribution in [0.25, 0.3) is 11.1 Å². The molecule has 24 heavy (non-hydrogen) atoms. The molecular weight excluding hydrogens is 306 g/mol. The lowest BCUT2D eigenvalue weighted by atomic mass is 9.98. The highest BCUT2D eigenvalue weighted by Gasteiger charge is 2.24. The number of ether oxygens (including phenoxy) is 1. The van der Waals surface area contributed by atoms with Gasteiger partial charge in [-0.2, -0.15) is 4.98 Å². The van der Waals surface area contributed by atoms with Crippen LogP contribution in [0.15, 0.2) is 28.7 Å². The molecule has 0 radical (unpaired) electrons. The standard InChI is InChI=1S/C18H25N3O3/c1-18(2,3)24-17(22)19-11-13-7-6-10-21(12-13)16-20-14-8-4-5-9-15(14)23-16/h4-5,8-9,13H,6-7,10-12H2,1-3H3,(H,19,22). The van der Waals surface area contributed by atoms with Crippen LogP contribution >= 0.6 is 0 Å². The number of nitrogens with zero attached hydrogens (tertiary/aromatic N) is 2. The topological polar surface area (TPSA) is 67.6 Å². The predicted octanol–water partition coefficient (Wildman–Crippen LogP) is 3.57. The summed E-state index contributed by atoms with van der Waals surface area (Å²) >= 11 is 0. The van der Waals surface area contributed by atoms with Crippen molar-refractivity contribution in [1.29, 1.82) is 0 Å². The van der Waals surface area contributed by atoms with Crippen LogP contribution in [0.3, 0.4) is 0 Å². The van der Waals surface area contributed by atoms with Crippen molar-refractivity contribution < 1.29 is 13.9 Å². The average Bonchev–Trinajstić information content (AvgIpc) is 2.96. The molecule has 1 aromatic heterocycles. The number of oxazole rings is 1. The lowest BCUT2D eigenvalue weighted by Crippen LogP contribution is -2.42. The zero-order valence-electron chi connectivity index (χ0n) is 14.5. The first-order valence-corrected chi connectivity index (χ1v) is 8.48. The Bertz CT molecular complexity index is 672. The van der Waals surface area contributed by atoms with Crippen molar-refractivity contribution in [2.75, 3.05) is 24.5 Å². The highest BCUT2D eigenvalue weighted by molar-refractivity contribution is 5.74. The van der Waals surface area contributed by atoms with E-state index in [1.54, 1.807) is 0 Å². The molecule has 0 aliphatic carbocycles. The number of nitrogens with one attached hydrogen (secondary N) is 1. The number of hydrogen-bond acceptors (Lipinski definition) is 5. The van der Waals surface area contributed by atoms with Gasteiger partial charge in [-0.15, -0.1) is 0 Å². The fourth-order valence-corrected chi connectivity index (χ4v) is 2.94. The van der Waals surface area contributed by atoms with Crippen LogP contribution in [-0.4, -0.2) is 36.3 Å². The number of piperidine rings is 1. The second-order valence-corrected chi connectivity index (χ2v) is 7.30. The number of carbonyl (C=O) groups excluding carboxylic acids is 1. The first kappa shape index (κ1) is 16.6. The van der Waals surface area contributed by atoms with Gasteiger partial charge in [-0.05, 0) is 51.7 Å². The van der Waals surface area contributed by atoms with Crippen LogP contribution in [0.2, 0.25) is 0 Å². The zero-order chi connectivity index (χ0) is 17.2. The van der Waals surface area contributed by atoms with Gasteiger partial charge >= 0.3 is 6.09 Å². The second kappa shape index (κ2) is 6.71. The molecule has 0 spiro atoms. The summed E-state index contributed by atoms with van der Waals surface area (Å²) in [5.74, 6) is 0.362. The van der Waals surface area contributed by atoms with E-state index in [0.29, 0.717) is 18.5 Å². The van der Waals surface area contributed by atoms with Crippen molar-refractivity contribution in [3.8, 4) is 0 Å². The lowest BCUT2D eigenvalue weighted by Gasteiger charge is -2.31.